The first-order valence-corrected chi connectivity index (χ1v) is 6.70. The quantitative estimate of drug-likeness (QED) is 0.674. The Morgan fingerprint density at radius 2 is 2.05 bits per heavy atom. The number of rotatable bonds is 5. The molecule has 0 radical (unpaired) electrons. The fraction of sp³-hybridized carbons (Fsp3) is 0.267. The van der Waals surface area contributed by atoms with Crippen LogP contribution >= 0.6 is 0 Å². The molecule has 0 fully saturated rings. The number of aryl methyl sites for hydroxylation is 1. The molecular weight excluding hydrogens is 268 g/mol. The predicted octanol–water partition coefficient (Wildman–Crippen LogP) is 3.36. The highest BCUT2D eigenvalue weighted by Crippen LogP contribution is 2.28. The lowest BCUT2D eigenvalue weighted by Gasteiger charge is -2.13. The van der Waals surface area contributed by atoms with Crippen LogP contribution in [0.25, 0.3) is 0 Å². The minimum absolute atomic E-state index is 0.0394. The van der Waals surface area contributed by atoms with Crippen LogP contribution < -0.4 is 10.2 Å². The molecule has 1 N–H and O–H groups in total. The zero-order valence-corrected chi connectivity index (χ0v) is 12.3. The maximum absolute atomic E-state index is 11.1. The number of hydrogen-bond donors (Lipinski definition) is 1. The highest BCUT2D eigenvalue weighted by molar-refractivity contribution is 5.68. The molecule has 0 aliphatic heterocycles. The van der Waals surface area contributed by atoms with E-state index in [4.69, 9.17) is 0 Å². The van der Waals surface area contributed by atoms with Gasteiger partial charge in [0, 0.05) is 25.8 Å². The molecular formula is C15H18N4O2. The van der Waals surface area contributed by atoms with E-state index in [1.54, 1.807) is 11.0 Å². The van der Waals surface area contributed by atoms with E-state index in [-0.39, 0.29) is 11.5 Å². The lowest BCUT2D eigenvalue weighted by atomic mass is 10.1. The molecule has 2 aromatic rings. The van der Waals surface area contributed by atoms with E-state index in [1.165, 1.54) is 6.07 Å². The van der Waals surface area contributed by atoms with E-state index < -0.39 is 4.92 Å². The van der Waals surface area contributed by atoms with Crippen molar-refractivity contribution in [3.63, 3.8) is 0 Å². The third-order valence-electron chi connectivity index (χ3n) is 3.11. The summed E-state index contributed by atoms with van der Waals surface area (Å²) in [5.74, 6) is 0.911. The van der Waals surface area contributed by atoms with Crippen LogP contribution in [0.5, 0.6) is 0 Å². The molecule has 0 atom stereocenters. The smallest absolute Gasteiger partial charge is 0.311 e. The summed E-state index contributed by atoms with van der Waals surface area (Å²) in [4.78, 5) is 16.8. The van der Waals surface area contributed by atoms with Gasteiger partial charge in [0.1, 0.15) is 5.82 Å². The fourth-order valence-electron chi connectivity index (χ4n) is 1.94. The third-order valence-corrected chi connectivity index (χ3v) is 3.11. The largest absolute Gasteiger partial charge is 0.363 e. The fourth-order valence-corrected chi connectivity index (χ4v) is 1.94. The minimum atomic E-state index is -0.432. The molecule has 0 amide bonds. The second kappa shape index (κ2) is 6.21. The van der Waals surface area contributed by atoms with Gasteiger partial charge in [0.2, 0.25) is 5.82 Å². The molecule has 6 nitrogen and oxygen atoms in total. The Labute approximate surface area is 123 Å². The van der Waals surface area contributed by atoms with Crippen molar-refractivity contribution in [1.29, 1.82) is 0 Å². The zero-order chi connectivity index (χ0) is 15.4. The average molecular weight is 286 g/mol. The van der Waals surface area contributed by atoms with E-state index in [2.05, 4.69) is 17.2 Å². The van der Waals surface area contributed by atoms with Gasteiger partial charge >= 0.3 is 5.69 Å². The summed E-state index contributed by atoms with van der Waals surface area (Å²) in [5.41, 5.74) is 1.91. The number of nitro groups is 1. The maximum Gasteiger partial charge on any atom is 0.311 e. The molecule has 0 unspecified atom stereocenters. The van der Waals surface area contributed by atoms with E-state index in [0.29, 0.717) is 5.82 Å². The van der Waals surface area contributed by atoms with Crippen LogP contribution in [0.1, 0.15) is 12.5 Å². The number of aromatic nitrogens is 1. The SMILES string of the molecule is CCc1cccc(Nc2nc(N(C)C)ccc2[N+](=O)[O-])c1. The van der Waals surface area contributed by atoms with Gasteiger partial charge < -0.3 is 10.2 Å². The molecule has 21 heavy (non-hydrogen) atoms. The number of anilines is 3. The normalized spacial score (nSPS) is 10.2. The lowest BCUT2D eigenvalue weighted by Crippen LogP contribution is -2.12. The first-order valence-electron chi connectivity index (χ1n) is 6.70. The van der Waals surface area contributed by atoms with Gasteiger partial charge in [-0.05, 0) is 30.2 Å². The van der Waals surface area contributed by atoms with E-state index in [9.17, 15) is 10.1 Å². The number of nitrogens with zero attached hydrogens (tertiary/aromatic N) is 3. The summed E-state index contributed by atoms with van der Waals surface area (Å²) in [7, 11) is 3.69. The van der Waals surface area contributed by atoms with Crippen molar-refractivity contribution >= 4 is 23.0 Å². The molecule has 1 aromatic carbocycles. The van der Waals surface area contributed by atoms with Crippen molar-refractivity contribution in [2.45, 2.75) is 13.3 Å². The lowest BCUT2D eigenvalue weighted by molar-refractivity contribution is -0.384. The summed E-state index contributed by atoms with van der Waals surface area (Å²) < 4.78 is 0. The molecule has 1 heterocycles. The molecule has 0 aliphatic rings. The topological polar surface area (TPSA) is 71.3 Å². The van der Waals surface area contributed by atoms with Crippen LogP contribution in [-0.2, 0) is 6.42 Å². The van der Waals surface area contributed by atoms with Crippen LogP contribution in [0.3, 0.4) is 0 Å². The predicted molar refractivity (Wildman–Crippen MR) is 84.3 cm³/mol. The van der Waals surface area contributed by atoms with Crippen molar-refractivity contribution in [1.82, 2.24) is 4.98 Å². The van der Waals surface area contributed by atoms with Crippen molar-refractivity contribution < 1.29 is 4.92 Å². The molecule has 6 heteroatoms. The summed E-state index contributed by atoms with van der Waals surface area (Å²) in [6, 6.07) is 10.9. The Bertz CT molecular complexity index is 656. The monoisotopic (exact) mass is 286 g/mol. The van der Waals surface area contributed by atoms with Crippen molar-refractivity contribution in [2.75, 3.05) is 24.3 Å². The highest BCUT2D eigenvalue weighted by atomic mass is 16.6. The molecule has 0 bridgehead atoms. The minimum Gasteiger partial charge on any atom is -0.363 e. The van der Waals surface area contributed by atoms with E-state index in [0.717, 1.165) is 17.7 Å². The number of benzene rings is 1. The molecule has 0 spiro atoms. The number of nitrogens with one attached hydrogen (secondary N) is 1. The Morgan fingerprint density at radius 3 is 2.67 bits per heavy atom. The Kier molecular flexibility index (Phi) is 4.37. The van der Waals surface area contributed by atoms with Crippen LogP contribution in [0, 0.1) is 10.1 Å². The highest BCUT2D eigenvalue weighted by Gasteiger charge is 2.17. The van der Waals surface area contributed by atoms with Gasteiger partial charge in [-0.1, -0.05) is 19.1 Å². The third kappa shape index (κ3) is 3.47. The second-order valence-corrected chi connectivity index (χ2v) is 4.87. The van der Waals surface area contributed by atoms with Gasteiger partial charge in [-0.15, -0.1) is 0 Å². The molecule has 1 aromatic heterocycles. The molecule has 0 saturated carbocycles. The Balaban J connectivity index is 2.40. The van der Waals surface area contributed by atoms with Crippen LogP contribution in [0.4, 0.5) is 23.0 Å². The number of pyridine rings is 1. The summed E-state index contributed by atoms with van der Waals surface area (Å²) in [5, 5.41) is 14.2. The first-order chi connectivity index (χ1) is 10.0. The van der Waals surface area contributed by atoms with Gasteiger partial charge in [-0.3, -0.25) is 10.1 Å². The first kappa shape index (κ1) is 14.8. The summed E-state index contributed by atoms with van der Waals surface area (Å²) in [6.07, 6.45) is 0.906. The standard InChI is InChI=1S/C15H18N4O2/c1-4-11-6-5-7-12(10-11)16-15-13(19(20)21)8-9-14(17-15)18(2)3/h5-10H,4H2,1-3H3,(H,16,17). The molecule has 0 aliphatic carbocycles. The summed E-state index contributed by atoms with van der Waals surface area (Å²) in [6.45, 7) is 2.06. The number of hydrogen-bond acceptors (Lipinski definition) is 5. The second-order valence-electron chi connectivity index (χ2n) is 4.87. The van der Waals surface area contributed by atoms with Crippen LogP contribution in [0.15, 0.2) is 36.4 Å². The molecule has 2 rings (SSSR count). The summed E-state index contributed by atoms with van der Waals surface area (Å²) >= 11 is 0. The van der Waals surface area contributed by atoms with Crippen molar-refractivity contribution in [3.05, 3.63) is 52.1 Å². The van der Waals surface area contributed by atoms with Crippen LogP contribution in [-0.4, -0.2) is 24.0 Å². The van der Waals surface area contributed by atoms with Crippen LogP contribution in [0.2, 0.25) is 0 Å². The average Bonchev–Trinajstić information content (AvgIpc) is 2.47. The Hall–Kier alpha value is -2.63. The van der Waals surface area contributed by atoms with Crippen molar-refractivity contribution in [2.24, 2.45) is 0 Å². The van der Waals surface area contributed by atoms with Gasteiger partial charge in [0.25, 0.3) is 0 Å². The van der Waals surface area contributed by atoms with E-state index >= 15 is 0 Å². The molecule has 0 saturated heterocycles. The van der Waals surface area contributed by atoms with Gasteiger partial charge in [0.15, 0.2) is 0 Å². The maximum atomic E-state index is 11.1. The molecule has 110 valence electrons. The van der Waals surface area contributed by atoms with Gasteiger partial charge in [0.05, 0.1) is 4.92 Å². The Morgan fingerprint density at radius 1 is 1.29 bits per heavy atom. The van der Waals surface area contributed by atoms with Gasteiger partial charge in [-0.25, -0.2) is 4.98 Å². The van der Waals surface area contributed by atoms with Crippen molar-refractivity contribution in [3.8, 4) is 0 Å². The van der Waals surface area contributed by atoms with Gasteiger partial charge in [-0.2, -0.15) is 0 Å². The van der Waals surface area contributed by atoms with E-state index in [1.807, 2.05) is 38.4 Å². The zero-order valence-electron chi connectivity index (χ0n) is 12.3.